The molecule has 22 nitrogen and oxygen atoms in total. The lowest BCUT2D eigenvalue weighted by atomic mass is 10.0. The molecule has 3 aromatic carbocycles. The number of urea groups is 1. The van der Waals surface area contributed by atoms with E-state index in [1.807, 2.05) is 36.6 Å². The number of benzene rings is 3. The molecule has 4 aromatic rings. The third-order valence-electron chi connectivity index (χ3n) is 14.0. The van der Waals surface area contributed by atoms with E-state index in [0.717, 1.165) is 100 Å². The Bertz CT molecular complexity index is 2760. The molecule has 1 atom stereocenters. The van der Waals surface area contributed by atoms with E-state index in [9.17, 15) is 19.2 Å². The number of aliphatic imine (C=N–C) groups is 1. The van der Waals surface area contributed by atoms with E-state index < -0.39 is 6.04 Å². The number of nitrogens with two attached hydrogens (primary N) is 1. The summed E-state index contributed by atoms with van der Waals surface area (Å²) in [7, 11) is 7.27. The van der Waals surface area contributed by atoms with Gasteiger partial charge in [0.15, 0.2) is 5.13 Å². The molecule has 5 amide bonds. The molecule has 23 heteroatoms. The average molecular weight is 1220 g/mol. The van der Waals surface area contributed by atoms with Crippen molar-refractivity contribution < 1.29 is 52.3 Å². The number of aryl methyl sites for hydroxylation is 2. The predicted octanol–water partition coefficient (Wildman–Crippen LogP) is 7.83. The Morgan fingerprint density at radius 2 is 1.48 bits per heavy atom. The van der Waals surface area contributed by atoms with Crippen LogP contribution in [0, 0.1) is 0 Å². The number of rotatable bonds is 40. The number of hydrogen-bond acceptors (Lipinski definition) is 18. The molecule has 0 radical (unpaired) electrons. The lowest BCUT2D eigenvalue weighted by Gasteiger charge is -2.32. The van der Waals surface area contributed by atoms with Gasteiger partial charge in [0, 0.05) is 81.5 Å². The van der Waals surface area contributed by atoms with Gasteiger partial charge in [-0.2, -0.15) is 5.10 Å². The molecule has 2 fully saturated rings. The summed E-state index contributed by atoms with van der Waals surface area (Å²) in [5.41, 5.74) is 4.62. The lowest BCUT2D eigenvalue weighted by Crippen LogP contribution is -2.45. The molecule has 0 spiro atoms. The second-order valence-electron chi connectivity index (χ2n) is 20.6. The van der Waals surface area contributed by atoms with Crippen molar-refractivity contribution >= 4 is 58.3 Å². The molecule has 2 heterocycles. The molecule has 0 bridgehead atoms. The summed E-state index contributed by atoms with van der Waals surface area (Å²) in [6, 6.07) is 19.0. The van der Waals surface area contributed by atoms with Crippen molar-refractivity contribution in [1.29, 1.82) is 0 Å². The second kappa shape index (κ2) is 40.7. The topological polar surface area (TPSA) is 246 Å². The highest BCUT2D eigenvalue weighted by Gasteiger charge is 2.41. The number of nitrogens with one attached hydrogen (secondary N) is 3. The largest absolute Gasteiger partial charge is 0.497 e. The summed E-state index contributed by atoms with van der Waals surface area (Å²) in [4.78, 5) is 67.2. The molecule has 87 heavy (non-hydrogen) atoms. The van der Waals surface area contributed by atoms with E-state index in [2.05, 4.69) is 68.1 Å². The van der Waals surface area contributed by atoms with Crippen LogP contribution in [-0.2, 0) is 41.4 Å². The van der Waals surface area contributed by atoms with Crippen molar-refractivity contribution in [1.82, 2.24) is 29.9 Å². The Hall–Kier alpha value is -7.67. The minimum absolute atomic E-state index is 0.0469. The molecule has 1 aromatic heterocycles. The van der Waals surface area contributed by atoms with E-state index in [1.165, 1.54) is 11.3 Å². The van der Waals surface area contributed by atoms with Gasteiger partial charge in [0.2, 0.25) is 18.2 Å². The van der Waals surface area contributed by atoms with Crippen molar-refractivity contribution in [2.45, 2.75) is 70.4 Å². The van der Waals surface area contributed by atoms with Crippen molar-refractivity contribution in [2.75, 3.05) is 144 Å². The minimum Gasteiger partial charge on any atom is -0.497 e. The SMILES string of the molecule is C=C/C=C(\C=C)CNC(=O)C(c1cc(OC)cc(OC)c1)N(C(=O)CCc1ccc(OCCCCN(C)CCOCCOCC/C(C=NCCOCCOc2ccc(NC(=O)Nc3nc(CC)cs3)cc2)=N/N)cc1)C1CC1.CN1CCN(C=O)CC1. The molecule has 1 saturated heterocycles. The third kappa shape index (κ3) is 27.3. The molecule has 474 valence electrons. The summed E-state index contributed by atoms with van der Waals surface area (Å²) in [5, 5.41) is 14.8. The zero-order chi connectivity index (χ0) is 62.4. The Morgan fingerprint density at radius 1 is 0.816 bits per heavy atom. The van der Waals surface area contributed by atoms with Crippen LogP contribution in [0.2, 0.25) is 0 Å². The van der Waals surface area contributed by atoms with Crippen molar-refractivity contribution in [3.63, 3.8) is 0 Å². The van der Waals surface area contributed by atoms with Gasteiger partial charge in [0.1, 0.15) is 35.6 Å². The fraction of sp³-hybridized carbons (Fsp3) is 0.484. The summed E-state index contributed by atoms with van der Waals surface area (Å²) in [6.07, 6.45) is 13.3. The van der Waals surface area contributed by atoms with E-state index in [0.29, 0.717) is 112 Å². The standard InChI is InChI=1S/C58H79N9O10S.C6H12N2O/c1-7-12-43(8-2)40-61-56(69)55(45-37-52(71-5)39-53(38-45)72-6)67(49-18-19-49)54(68)24-15-44-13-20-50(21-14-44)76-29-11-10-27-66(4)28-32-75-34-33-73-30-25-48(65-59)41-60-26-31-74-35-36-77-51-22-16-47(17-23-51)62-57(70)64-58-63-46(9-3)42-78-58;1-7-2-4-8(6-9)5-3-7/h7-8,12-14,16-17,20-23,37-39,41-42,49,55H,1-2,9-11,15,18-19,24-36,40,59H2,3-6H3,(H,61,69)(H2,62,63,64,70);6H,2-5H2,1H3/b43-12+,60-41?,65-48-;. The van der Waals surface area contributed by atoms with Crippen LogP contribution in [0.1, 0.15) is 68.3 Å². The molecule has 6 rings (SSSR count). The maximum absolute atomic E-state index is 14.1. The maximum Gasteiger partial charge on any atom is 0.325 e. The predicted molar refractivity (Wildman–Crippen MR) is 344 cm³/mol. The number of amides is 5. The highest BCUT2D eigenvalue weighted by molar-refractivity contribution is 7.13. The normalized spacial score (nSPS) is 13.9. The van der Waals surface area contributed by atoms with Crippen LogP contribution in [0.3, 0.4) is 0 Å². The molecule has 5 N–H and O–H groups in total. The van der Waals surface area contributed by atoms with Gasteiger partial charge >= 0.3 is 6.03 Å². The van der Waals surface area contributed by atoms with Crippen LogP contribution in [0.5, 0.6) is 23.0 Å². The summed E-state index contributed by atoms with van der Waals surface area (Å²) in [5.74, 6) is 7.66. The highest BCUT2D eigenvalue weighted by Crippen LogP contribution is 2.38. The first-order valence-electron chi connectivity index (χ1n) is 29.7. The van der Waals surface area contributed by atoms with Gasteiger partial charge < -0.3 is 69.2 Å². The van der Waals surface area contributed by atoms with E-state index in [1.54, 1.807) is 90.9 Å². The Kier molecular flexibility index (Phi) is 32.8. The van der Waals surface area contributed by atoms with Crippen molar-refractivity contribution in [2.24, 2.45) is 15.9 Å². The number of likely N-dealkylation sites (N-methyl/N-ethyl adjacent to an activating group) is 2. The first-order chi connectivity index (χ1) is 42.4. The van der Waals surface area contributed by atoms with Crippen LogP contribution in [-0.4, -0.2) is 200 Å². The number of piperazine rings is 1. The number of hydrazone groups is 1. The van der Waals surface area contributed by atoms with Crippen LogP contribution >= 0.6 is 11.3 Å². The number of carbonyl (C=O) groups excluding carboxylic acids is 4. The van der Waals surface area contributed by atoms with Gasteiger partial charge in [-0.3, -0.25) is 24.7 Å². The Balaban J connectivity index is 0.00000140. The number of methoxy groups -OCH3 is 2. The Morgan fingerprint density at radius 3 is 2.11 bits per heavy atom. The number of aromatic nitrogens is 1. The fourth-order valence-corrected chi connectivity index (χ4v) is 9.52. The minimum atomic E-state index is -0.884. The van der Waals surface area contributed by atoms with Crippen LogP contribution in [0.4, 0.5) is 15.6 Å². The number of allylic oxidation sites excluding steroid dienone is 2. The van der Waals surface area contributed by atoms with Crippen molar-refractivity contribution in [3.05, 3.63) is 126 Å². The van der Waals surface area contributed by atoms with Crippen LogP contribution in [0.25, 0.3) is 0 Å². The van der Waals surface area contributed by atoms with Crippen LogP contribution in [0.15, 0.2) is 119 Å². The van der Waals surface area contributed by atoms with Gasteiger partial charge in [-0.05, 0) is 124 Å². The number of anilines is 2. The van der Waals surface area contributed by atoms with Gasteiger partial charge in [0.25, 0.3) is 0 Å². The molecule has 1 aliphatic heterocycles. The molecule has 1 unspecified atom stereocenters. The first-order valence-corrected chi connectivity index (χ1v) is 30.6. The average Bonchev–Trinajstić information content (AvgIpc) is 2.13. The Labute approximate surface area is 517 Å². The summed E-state index contributed by atoms with van der Waals surface area (Å²) in [6.45, 7) is 19.6. The quantitative estimate of drug-likeness (QED) is 0.00828. The van der Waals surface area contributed by atoms with E-state index >= 15 is 0 Å². The summed E-state index contributed by atoms with van der Waals surface area (Å²) >= 11 is 1.39. The fourth-order valence-electron chi connectivity index (χ4n) is 8.73. The van der Waals surface area contributed by atoms with Crippen LogP contribution < -0.4 is 40.7 Å². The van der Waals surface area contributed by atoms with Gasteiger partial charge in [0.05, 0.1) is 78.4 Å². The van der Waals surface area contributed by atoms with Gasteiger partial charge in [-0.25, -0.2) is 9.78 Å². The third-order valence-corrected chi connectivity index (χ3v) is 14.8. The van der Waals surface area contributed by atoms with Crippen molar-refractivity contribution in [3.8, 4) is 23.0 Å². The smallest absolute Gasteiger partial charge is 0.325 e. The molecule has 1 saturated carbocycles. The summed E-state index contributed by atoms with van der Waals surface area (Å²) < 4.78 is 40.0. The number of carbonyl (C=O) groups is 4. The molecule has 2 aliphatic rings. The van der Waals surface area contributed by atoms with E-state index in [-0.39, 0.29) is 36.9 Å². The zero-order valence-electron chi connectivity index (χ0n) is 51.5. The zero-order valence-corrected chi connectivity index (χ0v) is 52.3. The molecular weight excluding hydrogens is 1130 g/mol. The number of ether oxygens (including phenoxy) is 7. The number of unbranched alkanes of at least 4 members (excludes halogenated alkanes) is 1. The first kappa shape index (κ1) is 70.1. The number of thiazole rings is 1. The van der Waals surface area contributed by atoms with Gasteiger partial charge in [-0.1, -0.05) is 50.4 Å². The maximum atomic E-state index is 14.1. The number of hydrogen-bond donors (Lipinski definition) is 4. The highest BCUT2D eigenvalue weighted by atomic mass is 32.1. The van der Waals surface area contributed by atoms with E-state index in [4.69, 9.17) is 39.0 Å². The lowest BCUT2D eigenvalue weighted by molar-refractivity contribution is -0.141. The molecule has 1 aliphatic carbocycles. The van der Waals surface area contributed by atoms with Gasteiger partial charge in [-0.15, -0.1) is 11.3 Å². The molecular formula is C64H91N11O11S. The number of nitrogens with zero attached hydrogens (tertiary/aromatic N) is 7. The monoisotopic (exact) mass is 1220 g/mol. The second-order valence-corrected chi connectivity index (χ2v) is 21.5.